The summed E-state index contributed by atoms with van der Waals surface area (Å²) in [7, 11) is 0. The van der Waals surface area contributed by atoms with Gasteiger partial charge in [-0.15, -0.1) is 0 Å². The van der Waals surface area contributed by atoms with Gasteiger partial charge in [0.05, 0.1) is 38.6 Å². The third-order valence-corrected chi connectivity index (χ3v) is 10.8. The van der Waals surface area contributed by atoms with Gasteiger partial charge in [-0.05, 0) is 57.9 Å². The van der Waals surface area contributed by atoms with Gasteiger partial charge in [0.15, 0.2) is 6.23 Å². The normalized spacial score (nSPS) is 19.5. The number of aryl methyl sites for hydroxylation is 1. The van der Waals surface area contributed by atoms with Crippen molar-refractivity contribution in [2.24, 2.45) is 0 Å². The Morgan fingerprint density at radius 1 is 0.474 bits per heavy atom. The lowest BCUT2D eigenvalue weighted by atomic mass is 9.96. The molecule has 1 aromatic heterocycles. The molecule has 0 spiro atoms. The van der Waals surface area contributed by atoms with Crippen LogP contribution in [0.1, 0.15) is 52.1 Å². The highest BCUT2D eigenvalue weighted by molar-refractivity contribution is 5.84. The summed E-state index contributed by atoms with van der Waals surface area (Å²) >= 11 is 0. The minimum atomic E-state index is -0.558. The van der Waals surface area contributed by atoms with Crippen molar-refractivity contribution < 1.29 is 23.7 Å². The van der Waals surface area contributed by atoms with Crippen molar-refractivity contribution in [1.29, 1.82) is 0 Å². The van der Waals surface area contributed by atoms with Crippen LogP contribution in [0.3, 0.4) is 0 Å². The van der Waals surface area contributed by atoms with Crippen molar-refractivity contribution >= 4 is 10.9 Å². The molecule has 0 N–H and O–H groups in total. The fraction of sp³-hybridized carbons (Fsp3) is 0.255. The molecular weight excluding hydrogens is 707 g/mol. The van der Waals surface area contributed by atoms with Crippen LogP contribution >= 0.6 is 0 Å². The van der Waals surface area contributed by atoms with Gasteiger partial charge >= 0.3 is 0 Å². The SMILES string of the molecule is CCc1ccc(Cc2cn([C@@H]3O[C@H](COCc4ccccc4)[C@@H](OCc4ccccc4)[C@H](OCc4ccccc4)[C@H]3OCc3ccccc3)c3ccccc23)cc1. The highest BCUT2D eigenvalue weighted by Gasteiger charge is 2.49. The van der Waals surface area contributed by atoms with E-state index in [-0.39, 0.29) is 0 Å². The molecule has 0 aliphatic carbocycles. The zero-order valence-electron chi connectivity index (χ0n) is 32.6. The van der Waals surface area contributed by atoms with E-state index in [9.17, 15) is 0 Å². The predicted octanol–water partition coefficient (Wildman–Crippen LogP) is 10.7. The van der Waals surface area contributed by atoms with Gasteiger partial charge in [0.25, 0.3) is 0 Å². The van der Waals surface area contributed by atoms with Crippen LogP contribution in [0, 0.1) is 0 Å². The van der Waals surface area contributed by atoms with Gasteiger partial charge in [0, 0.05) is 11.6 Å². The number of aromatic nitrogens is 1. The second-order valence-electron chi connectivity index (χ2n) is 14.8. The van der Waals surface area contributed by atoms with Gasteiger partial charge < -0.3 is 28.3 Å². The standard InChI is InChI=1S/C51H51NO5/c1-2-38-27-29-39(30-28-38)31-44-32-52(46-26-16-15-25-45(44)46)51-50(56-36-43-23-13-6-14-24-43)49(55-35-42-21-11-5-12-22-42)48(54-34-41-19-9-4-10-20-41)47(57-51)37-53-33-40-17-7-3-8-18-40/h3-30,32,47-51H,2,31,33-37H2,1H3/t47-,48-,49+,50-,51-/m1/s1. The molecule has 1 fully saturated rings. The number of para-hydroxylation sites is 1. The Morgan fingerprint density at radius 2 is 0.947 bits per heavy atom. The fourth-order valence-corrected chi connectivity index (χ4v) is 7.73. The van der Waals surface area contributed by atoms with Crippen LogP contribution in [-0.4, -0.2) is 35.6 Å². The molecule has 6 heteroatoms. The maximum Gasteiger partial charge on any atom is 0.163 e. The van der Waals surface area contributed by atoms with Crippen LogP contribution in [0.15, 0.2) is 176 Å². The van der Waals surface area contributed by atoms with E-state index in [1.54, 1.807) is 0 Å². The average Bonchev–Trinajstić information content (AvgIpc) is 3.64. The van der Waals surface area contributed by atoms with Crippen molar-refractivity contribution in [3.63, 3.8) is 0 Å². The third-order valence-electron chi connectivity index (χ3n) is 10.8. The van der Waals surface area contributed by atoms with Crippen molar-refractivity contribution in [3.05, 3.63) is 215 Å². The summed E-state index contributed by atoms with van der Waals surface area (Å²) in [5.74, 6) is 0. The van der Waals surface area contributed by atoms with E-state index >= 15 is 0 Å². The number of hydrogen-bond acceptors (Lipinski definition) is 5. The Balaban J connectivity index is 1.20. The van der Waals surface area contributed by atoms with E-state index in [1.807, 2.05) is 72.8 Å². The van der Waals surface area contributed by atoms with Crippen molar-refractivity contribution in [1.82, 2.24) is 4.57 Å². The lowest BCUT2D eigenvalue weighted by Gasteiger charge is -2.46. The van der Waals surface area contributed by atoms with Crippen LogP contribution in [0.5, 0.6) is 0 Å². The molecule has 1 aliphatic heterocycles. The summed E-state index contributed by atoms with van der Waals surface area (Å²) in [4.78, 5) is 0. The smallest absolute Gasteiger partial charge is 0.163 e. The highest BCUT2D eigenvalue weighted by Crippen LogP contribution is 2.39. The third kappa shape index (κ3) is 9.80. The molecule has 8 rings (SSSR count). The first-order valence-corrected chi connectivity index (χ1v) is 20.1. The lowest BCUT2D eigenvalue weighted by molar-refractivity contribution is -0.289. The predicted molar refractivity (Wildman–Crippen MR) is 226 cm³/mol. The topological polar surface area (TPSA) is 51.1 Å². The molecule has 57 heavy (non-hydrogen) atoms. The van der Waals surface area contributed by atoms with E-state index in [2.05, 4.69) is 115 Å². The summed E-state index contributed by atoms with van der Waals surface area (Å²) in [6.07, 6.45) is 1.44. The first kappa shape index (κ1) is 38.5. The number of benzene rings is 6. The minimum absolute atomic E-state index is 0.303. The molecule has 290 valence electrons. The Labute approximate surface area is 336 Å². The highest BCUT2D eigenvalue weighted by atomic mass is 16.6. The van der Waals surface area contributed by atoms with Crippen molar-refractivity contribution in [2.45, 2.75) is 76.8 Å². The van der Waals surface area contributed by atoms with Gasteiger partial charge in [0.1, 0.15) is 24.4 Å². The molecule has 0 unspecified atom stereocenters. The Kier molecular flexibility index (Phi) is 13.0. The maximum atomic E-state index is 7.30. The molecule has 6 aromatic carbocycles. The molecule has 0 saturated carbocycles. The Hall–Kier alpha value is -5.34. The lowest BCUT2D eigenvalue weighted by Crippen LogP contribution is -2.59. The van der Waals surface area contributed by atoms with Gasteiger partial charge in [-0.1, -0.05) is 171 Å². The number of ether oxygens (including phenoxy) is 5. The van der Waals surface area contributed by atoms with Crippen molar-refractivity contribution in [3.8, 4) is 0 Å². The summed E-state index contributed by atoms with van der Waals surface area (Å²) in [6, 6.07) is 58.7. The van der Waals surface area contributed by atoms with Crippen LogP contribution in [0.4, 0.5) is 0 Å². The molecule has 1 aliphatic rings. The van der Waals surface area contributed by atoms with E-state index < -0.39 is 30.6 Å². The van der Waals surface area contributed by atoms with E-state index in [1.165, 1.54) is 22.1 Å². The molecule has 0 radical (unpaired) electrons. The van der Waals surface area contributed by atoms with Gasteiger partial charge in [-0.3, -0.25) is 0 Å². The van der Waals surface area contributed by atoms with Crippen LogP contribution in [0.2, 0.25) is 0 Å². The number of hydrogen-bond donors (Lipinski definition) is 0. The second-order valence-corrected chi connectivity index (χ2v) is 14.8. The zero-order valence-corrected chi connectivity index (χ0v) is 32.6. The quantitative estimate of drug-likeness (QED) is 0.0926. The molecule has 7 aromatic rings. The number of rotatable bonds is 17. The van der Waals surface area contributed by atoms with E-state index in [0.29, 0.717) is 33.0 Å². The summed E-state index contributed by atoms with van der Waals surface area (Å²) in [5, 5.41) is 1.18. The van der Waals surface area contributed by atoms with Crippen LogP contribution < -0.4 is 0 Å². The summed E-state index contributed by atoms with van der Waals surface area (Å²) in [5.41, 5.74) is 9.21. The van der Waals surface area contributed by atoms with Gasteiger partial charge in [0.2, 0.25) is 0 Å². The van der Waals surface area contributed by atoms with Gasteiger partial charge in [-0.25, -0.2) is 0 Å². The van der Waals surface area contributed by atoms with E-state index in [0.717, 1.165) is 40.6 Å². The van der Waals surface area contributed by atoms with E-state index in [4.69, 9.17) is 23.7 Å². The Bertz CT molecular complexity index is 2240. The minimum Gasteiger partial charge on any atom is -0.374 e. The van der Waals surface area contributed by atoms with Gasteiger partial charge in [-0.2, -0.15) is 0 Å². The molecule has 2 heterocycles. The molecule has 0 bridgehead atoms. The summed E-state index contributed by atoms with van der Waals surface area (Å²) in [6.45, 7) is 4.10. The monoisotopic (exact) mass is 757 g/mol. The zero-order chi connectivity index (χ0) is 38.7. The number of fused-ring (bicyclic) bond motifs is 1. The average molecular weight is 758 g/mol. The molecule has 6 nitrogen and oxygen atoms in total. The Morgan fingerprint density at radius 3 is 1.51 bits per heavy atom. The molecule has 0 amide bonds. The maximum absolute atomic E-state index is 7.30. The fourth-order valence-electron chi connectivity index (χ4n) is 7.73. The van der Waals surface area contributed by atoms with Crippen LogP contribution in [0.25, 0.3) is 10.9 Å². The molecular formula is C51H51NO5. The molecule has 5 atom stereocenters. The first-order valence-electron chi connectivity index (χ1n) is 20.1. The van der Waals surface area contributed by atoms with Crippen molar-refractivity contribution in [2.75, 3.05) is 6.61 Å². The number of nitrogens with zero attached hydrogens (tertiary/aromatic N) is 1. The second kappa shape index (κ2) is 19.2. The van der Waals surface area contributed by atoms with Crippen LogP contribution in [-0.2, 0) is 63.0 Å². The molecule has 1 saturated heterocycles. The largest absolute Gasteiger partial charge is 0.374 e. The summed E-state index contributed by atoms with van der Waals surface area (Å²) < 4.78 is 37.1. The first-order chi connectivity index (χ1) is 28.2.